The number of rotatable bonds is 9. The van der Waals surface area contributed by atoms with Gasteiger partial charge in [-0.3, -0.25) is 24.1 Å². The maximum absolute atomic E-state index is 14.3. The molecule has 45 heavy (non-hydrogen) atoms. The van der Waals surface area contributed by atoms with Gasteiger partial charge in [-0.2, -0.15) is 0 Å². The van der Waals surface area contributed by atoms with Crippen LogP contribution in [0.15, 0.2) is 91.0 Å². The van der Waals surface area contributed by atoms with Crippen LogP contribution in [-0.4, -0.2) is 41.7 Å². The maximum atomic E-state index is 14.3. The first-order valence-corrected chi connectivity index (χ1v) is 14.8. The van der Waals surface area contributed by atoms with Gasteiger partial charge in [0.1, 0.15) is 12.6 Å². The third-order valence-electron chi connectivity index (χ3n) is 8.09. The molecule has 2 aliphatic rings. The van der Waals surface area contributed by atoms with Gasteiger partial charge < -0.3 is 19.7 Å². The first kappa shape index (κ1) is 29.6. The minimum absolute atomic E-state index is 0.0852. The van der Waals surface area contributed by atoms with Crippen molar-refractivity contribution < 1.29 is 28.7 Å². The second-order valence-corrected chi connectivity index (χ2v) is 11.5. The summed E-state index contributed by atoms with van der Waals surface area (Å²) < 4.78 is 10.9. The maximum Gasteiger partial charge on any atom is 0.299 e. The zero-order valence-corrected chi connectivity index (χ0v) is 25.3. The fourth-order valence-electron chi connectivity index (χ4n) is 5.57. The van der Waals surface area contributed by atoms with Gasteiger partial charge in [0, 0.05) is 18.3 Å². The van der Waals surface area contributed by atoms with Gasteiger partial charge in [-0.25, -0.2) is 0 Å². The zero-order chi connectivity index (χ0) is 31.7. The highest BCUT2D eigenvalue weighted by atomic mass is 16.7. The monoisotopic (exact) mass is 603 g/mol. The molecule has 4 aromatic rings. The topological polar surface area (TPSA) is 105 Å². The summed E-state index contributed by atoms with van der Waals surface area (Å²) in [7, 11) is 0. The Hall–Kier alpha value is -5.44. The highest BCUT2D eigenvalue weighted by molar-refractivity contribution is 6.52. The van der Waals surface area contributed by atoms with E-state index in [0.29, 0.717) is 28.4 Å². The largest absolute Gasteiger partial charge is 0.454 e. The van der Waals surface area contributed by atoms with Crippen LogP contribution in [0, 0.1) is 6.92 Å². The Morgan fingerprint density at radius 2 is 1.56 bits per heavy atom. The lowest BCUT2D eigenvalue weighted by molar-refractivity contribution is -0.139. The Balaban J connectivity index is 1.39. The van der Waals surface area contributed by atoms with Gasteiger partial charge in [-0.1, -0.05) is 80.1 Å². The van der Waals surface area contributed by atoms with E-state index in [1.54, 1.807) is 42.5 Å². The molecule has 4 aromatic carbocycles. The van der Waals surface area contributed by atoms with Crippen molar-refractivity contribution >= 4 is 34.9 Å². The summed E-state index contributed by atoms with van der Waals surface area (Å²) in [4.78, 5) is 57.0. The molecule has 0 aliphatic carbocycles. The lowest BCUT2D eigenvalue weighted by Crippen LogP contribution is -2.46. The number of ether oxygens (including phenoxy) is 2. The molecule has 3 amide bonds. The molecule has 2 heterocycles. The molecular formula is C36H33N3O6. The molecule has 1 unspecified atom stereocenters. The normalized spacial score (nSPS) is 14.0. The van der Waals surface area contributed by atoms with Gasteiger partial charge >= 0.3 is 0 Å². The van der Waals surface area contributed by atoms with Gasteiger partial charge in [0.2, 0.25) is 12.7 Å². The number of ketones is 1. The summed E-state index contributed by atoms with van der Waals surface area (Å²) in [6.45, 7) is 5.90. The summed E-state index contributed by atoms with van der Waals surface area (Å²) in [6.07, 6.45) is 0. The van der Waals surface area contributed by atoms with Crippen LogP contribution in [0.1, 0.15) is 58.4 Å². The molecule has 0 saturated heterocycles. The number of carbonyl (C=O) groups excluding carboxylic acids is 4. The van der Waals surface area contributed by atoms with Gasteiger partial charge in [0.05, 0.1) is 11.3 Å². The number of benzene rings is 4. The van der Waals surface area contributed by atoms with Crippen molar-refractivity contribution in [2.75, 3.05) is 23.6 Å². The second kappa shape index (κ2) is 12.3. The van der Waals surface area contributed by atoms with Crippen LogP contribution < -0.4 is 19.7 Å². The zero-order valence-electron chi connectivity index (χ0n) is 25.3. The molecule has 1 atom stereocenters. The van der Waals surface area contributed by atoms with Crippen molar-refractivity contribution in [3.05, 3.63) is 119 Å². The summed E-state index contributed by atoms with van der Waals surface area (Å²) in [6, 6.07) is 25.9. The standard InChI is InChI=1S/C36H33N3O6/c1-22(2)25-12-14-26(15-13-25)33(35(42)37-27-16-17-30-31(18-27)45-21-44-30)39(19-24-10-8-23(3)9-11-24)32(40)20-38-29-7-5-4-6-28(29)34(41)36(38)43/h4-18,22,33H,19-21H2,1-3H3,(H,37,42). The fourth-order valence-corrected chi connectivity index (χ4v) is 5.57. The quantitative estimate of drug-likeness (QED) is 0.243. The van der Waals surface area contributed by atoms with Crippen LogP contribution in [0.4, 0.5) is 11.4 Å². The molecule has 0 fully saturated rings. The molecule has 0 spiro atoms. The van der Waals surface area contributed by atoms with E-state index in [9.17, 15) is 19.2 Å². The minimum Gasteiger partial charge on any atom is -0.454 e. The molecule has 0 aromatic heterocycles. The van der Waals surface area contributed by atoms with E-state index < -0.39 is 36.1 Å². The number of hydrogen-bond acceptors (Lipinski definition) is 6. The van der Waals surface area contributed by atoms with Crippen molar-refractivity contribution in [1.29, 1.82) is 0 Å². The lowest BCUT2D eigenvalue weighted by atomic mass is 9.97. The van der Waals surface area contributed by atoms with E-state index in [-0.39, 0.29) is 24.8 Å². The average Bonchev–Trinajstić information content (AvgIpc) is 3.60. The average molecular weight is 604 g/mol. The van der Waals surface area contributed by atoms with E-state index in [1.165, 1.54) is 9.80 Å². The van der Waals surface area contributed by atoms with Crippen LogP contribution in [0.2, 0.25) is 0 Å². The van der Waals surface area contributed by atoms with E-state index in [1.807, 2.05) is 55.5 Å². The predicted octanol–water partition coefficient (Wildman–Crippen LogP) is 5.79. The van der Waals surface area contributed by atoms with E-state index >= 15 is 0 Å². The number of para-hydroxylation sites is 1. The Morgan fingerprint density at radius 3 is 2.29 bits per heavy atom. The Morgan fingerprint density at radius 1 is 0.867 bits per heavy atom. The third-order valence-corrected chi connectivity index (χ3v) is 8.09. The molecule has 9 heteroatoms. The number of nitrogens with zero attached hydrogens (tertiary/aromatic N) is 2. The fraction of sp³-hybridized carbons (Fsp3) is 0.222. The first-order valence-electron chi connectivity index (χ1n) is 14.8. The number of carbonyl (C=O) groups is 4. The number of amides is 3. The van der Waals surface area contributed by atoms with Crippen LogP contribution in [-0.2, 0) is 20.9 Å². The summed E-state index contributed by atoms with van der Waals surface area (Å²) in [5.41, 5.74) is 4.64. The Kier molecular flexibility index (Phi) is 8.08. The molecule has 9 nitrogen and oxygen atoms in total. The van der Waals surface area contributed by atoms with Crippen LogP contribution in [0.3, 0.4) is 0 Å². The van der Waals surface area contributed by atoms with Crippen LogP contribution in [0.5, 0.6) is 11.5 Å². The minimum atomic E-state index is -1.07. The molecule has 0 saturated carbocycles. The second-order valence-electron chi connectivity index (χ2n) is 11.5. The summed E-state index contributed by atoms with van der Waals surface area (Å²) in [5, 5.41) is 2.96. The van der Waals surface area contributed by atoms with E-state index in [2.05, 4.69) is 19.2 Å². The number of nitrogens with one attached hydrogen (secondary N) is 1. The summed E-state index contributed by atoms with van der Waals surface area (Å²) >= 11 is 0. The van der Waals surface area contributed by atoms with Crippen molar-refractivity contribution in [3.63, 3.8) is 0 Å². The van der Waals surface area contributed by atoms with Crippen molar-refractivity contribution in [2.45, 2.75) is 39.3 Å². The molecular weight excluding hydrogens is 570 g/mol. The highest BCUT2D eigenvalue weighted by Gasteiger charge is 2.39. The molecule has 228 valence electrons. The molecule has 0 radical (unpaired) electrons. The summed E-state index contributed by atoms with van der Waals surface area (Å²) in [5.74, 6) is -1.02. The molecule has 6 rings (SSSR count). The van der Waals surface area contributed by atoms with Gasteiger partial charge in [-0.15, -0.1) is 0 Å². The van der Waals surface area contributed by atoms with Crippen molar-refractivity contribution in [3.8, 4) is 11.5 Å². The van der Waals surface area contributed by atoms with Gasteiger partial charge in [-0.05, 0) is 53.8 Å². The molecule has 1 N–H and O–H groups in total. The van der Waals surface area contributed by atoms with E-state index in [4.69, 9.17) is 9.47 Å². The molecule has 2 aliphatic heterocycles. The van der Waals surface area contributed by atoms with Crippen LogP contribution >= 0.6 is 0 Å². The SMILES string of the molecule is Cc1ccc(CN(C(=O)CN2C(=O)C(=O)c3ccccc32)C(C(=O)Nc2ccc3c(c2)OCO3)c2ccc(C(C)C)cc2)cc1. The van der Waals surface area contributed by atoms with Crippen molar-refractivity contribution in [1.82, 2.24) is 4.90 Å². The number of anilines is 2. The number of aryl methyl sites for hydroxylation is 1. The third kappa shape index (κ3) is 6.02. The van der Waals surface area contributed by atoms with Gasteiger partial charge in [0.25, 0.3) is 17.6 Å². The predicted molar refractivity (Wildman–Crippen MR) is 169 cm³/mol. The lowest BCUT2D eigenvalue weighted by Gasteiger charge is -2.33. The Labute approximate surface area is 261 Å². The van der Waals surface area contributed by atoms with Gasteiger partial charge in [0.15, 0.2) is 11.5 Å². The number of hydrogen-bond donors (Lipinski definition) is 1. The first-order chi connectivity index (χ1) is 21.7. The number of fused-ring (bicyclic) bond motifs is 2. The Bertz CT molecular complexity index is 1780. The molecule has 0 bridgehead atoms. The van der Waals surface area contributed by atoms with Crippen LogP contribution in [0.25, 0.3) is 0 Å². The number of Topliss-reactive ketones (excluding diaryl/α,β-unsaturated/α-hetero) is 1. The van der Waals surface area contributed by atoms with E-state index in [0.717, 1.165) is 16.7 Å². The van der Waals surface area contributed by atoms with Crippen molar-refractivity contribution in [2.24, 2.45) is 0 Å². The smallest absolute Gasteiger partial charge is 0.299 e. The highest BCUT2D eigenvalue weighted by Crippen LogP contribution is 2.35.